The second-order valence-corrected chi connectivity index (χ2v) is 10.5. The number of rotatable bonds is 6. The van der Waals surface area contributed by atoms with E-state index in [1.165, 1.54) is 0 Å². The van der Waals surface area contributed by atoms with E-state index in [1.807, 2.05) is 24.4 Å². The Kier molecular flexibility index (Phi) is 7.65. The van der Waals surface area contributed by atoms with Crippen LogP contribution in [-0.4, -0.2) is 37.2 Å². The number of aromatic nitrogens is 4. The number of anilines is 2. The maximum absolute atomic E-state index is 13.0. The highest BCUT2D eigenvalue weighted by molar-refractivity contribution is 6.04. The Bertz CT molecular complexity index is 1580. The summed E-state index contributed by atoms with van der Waals surface area (Å²) in [4.78, 5) is 38.1. The van der Waals surface area contributed by atoms with Gasteiger partial charge in [-0.3, -0.25) is 14.0 Å². The molecule has 1 fully saturated rings. The number of fused-ring (bicyclic) bond motifs is 1. The van der Waals surface area contributed by atoms with E-state index in [0.29, 0.717) is 22.6 Å². The molecule has 4 N–H and O–H groups in total. The lowest BCUT2D eigenvalue weighted by atomic mass is 9.85. The van der Waals surface area contributed by atoms with Crippen molar-refractivity contribution in [3.63, 3.8) is 0 Å². The largest absolute Gasteiger partial charge is 0.416 e. The van der Waals surface area contributed by atoms with Crippen molar-refractivity contribution >= 4 is 29.0 Å². The van der Waals surface area contributed by atoms with E-state index in [2.05, 4.69) is 20.6 Å². The van der Waals surface area contributed by atoms with Crippen molar-refractivity contribution in [2.45, 2.75) is 57.7 Å². The number of hydrogen-bond donors (Lipinski definition) is 3. The van der Waals surface area contributed by atoms with Gasteiger partial charge in [-0.1, -0.05) is 32.4 Å². The highest BCUT2D eigenvalue weighted by Gasteiger charge is 2.31. The molecule has 214 valence electrons. The van der Waals surface area contributed by atoms with E-state index in [4.69, 9.17) is 10.7 Å². The molecule has 0 bridgehead atoms. The zero-order chi connectivity index (χ0) is 29.3. The molecule has 1 aromatic carbocycles. The highest BCUT2D eigenvalue weighted by atomic mass is 19.4. The number of carbonyl (C=O) groups excluding carboxylic acids is 2. The molecule has 3 aromatic heterocycles. The number of nitrogens with one attached hydrogen (secondary N) is 2. The van der Waals surface area contributed by atoms with Crippen molar-refractivity contribution < 1.29 is 22.8 Å². The number of benzene rings is 1. The van der Waals surface area contributed by atoms with Crippen LogP contribution in [0.25, 0.3) is 16.8 Å². The average molecular weight is 566 g/mol. The maximum Gasteiger partial charge on any atom is 0.416 e. The van der Waals surface area contributed by atoms with Crippen molar-refractivity contribution in [3.8, 4) is 11.3 Å². The van der Waals surface area contributed by atoms with E-state index < -0.39 is 17.6 Å². The van der Waals surface area contributed by atoms with Crippen LogP contribution in [0.15, 0.2) is 55.0 Å². The van der Waals surface area contributed by atoms with Gasteiger partial charge in [0.1, 0.15) is 28.7 Å². The van der Waals surface area contributed by atoms with Crippen LogP contribution in [0.3, 0.4) is 0 Å². The molecule has 0 saturated heterocycles. The number of imidazole rings is 1. The van der Waals surface area contributed by atoms with E-state index >= 15 is 0 Å². The molecule has 3 heterocycles. The van der Waals surface area contributed by atoms with Crippen LogP contribution in [0.2, 0.25) is 0 Å². The Morgan fingerprint density at radius 2 is 1.83 bits per heavy atom. The SMILES string of the molecule is CC(C)C(=O)N[C@@H]1CCCC(c2nc(-c3ccc(C(=O)Nc4cc(C(F)(F)F)ccn4)cc3)c3c(N)nccn23)C1. The van der Waals surface area contributed by atoms with Gasteiger partial charge in [0.15, 0.2) is 0 Å². The molecular weight excluding hydrogens is 535 g/mol. The van der Waals surface area contributed by atoms with Gasteiger partial charge in [0, 0.05) is 47.6 Å². The van der Waals surface area contributed by atoms with Crippen LogP contribution in [-0.2, 0) is 11.0 Å². The summed E-state index contributed by atoms with van der Waals surface area (Å²) in [6.45, 7) is 3.74. The van der Waals surface area contributed by atoms with Gasteiger partial charge in [-0.25, -0.2) is 15.0 Å². The molecule has 0 spiro atoms. The second kappa shape index (κ2) is 11.2. The zero-order valence-electron chi connectivity index (χ0n) is 22.6. The van der Waals surface area contributed by atoms with Gasteiger partial charge in [-0.2, -0.15) is 13.2 Å². The van der Waals surface area contributed by atoms with E-state index in [9.17, 15) is 22.8 Å². The smallest absolute Gasteiger partial charge is 0.382 e. The van der Waals surface area contributed by atoms with E-state index in [0.717, 1.165) is 49.8 Å². The molecule has 0 radical (unpaired) electrons. The fourth-order valence-electron chi connectivity index (χ4n) is 5.14. The molecule has 41 heavy (non-hydrogen) atoms. The minimum Gasteiger partial charge on any atom is -0.382 e. The summed E-state index contributed by atoms with van der Waals surface area (Å²) in [5.41, 5.74) is 7.56. The third-order valence-electron chi connectivity index (χ3n) is 7.27. The lowest BCUT2D eigenvalue weighted by Crippen LogP contribution is -2.40. The van der Waals surface area contributed by atoms with Crippen LogP contribution >= 0.6 is 0 Å². The van der Waals surface area contributed by atoms with Crippen LogP contribution in [0.5, 0.6) is 0 Å². The monoisotopic (exact) mass is 565 g/mol. The minimum atomic E-state index is -4.55. The van der Waals surface area contributed by atoms with E-state index in [1.54, 1.807) is 30.5 Å². The third kappa shape index (κ3) is 6.01. The Morgan fingerprint density at radius 1 is 1.07 bits per heavy atom. The Balaban J connectivity index is 1.40. The van der Waals surface area contributed by atoms with Crippen LogP contribution in [0, 0.1) is 5.92 Å². The van der Waals surface area contributed by atoms with Crippen LogP contribution in [0.4, 0.5) is 24.8 Å². The quantitative estimate of drug-likeness (QED) is 0.286. The standard InChI is InChI=1S/C29H30F3N7O2/c1-16(2)27(40)36-21-5-3-4-19(14-21)26-38-23(24-25(33)35-12-13-39(24)26)17-6-8-18(9-7-17)28(41)37-22-15-20(10-11-34-22)29(30,31)32/h6-13,15-16,19,21H,3-5,14H2,1-2H3,(H2,33,35)(H,36,40)(H,34,37,41)/t19?,21-/m1/s1. The molecule has 9 nitrogen and oxygen atoms in total. The first-order valence-electron chi connectivity index (χ1n) is 13.4. The predicted molar refractivity (Wildman–Crippen MR) is 148 cm³/mol. The molecule has 2 amide bonds. The summed E-state index contributed by atoms with van der Waals surface area (Å²) in [6.07, 6.45) is 3.41. The number of nitrogens with two attached hydrogens (primary N) is 1. The van der Waals surface area contributed by atoms with Gasteiger partial charge in [0.25, 0.3) is 5.91 Å². The molecule has 5 rings (SSSR count). The molecular formula is C29H30F3N7O2. The number of nitrogens with zero attached hydrogens (tertiary/aromatic N) is 4. The van der Waals surface area contributed by atoms with Gasteiger partial charge in [-0.05, 0) is 43.5 Å². The Hall–Kier alpha value is -4.48. The molecule has 1 aliphatic rings. The number of pyridine rings is 1. The van der Waals surface area contributed by atoms with Crippen molar-refractivity contribution in [2.24, 2.45) is 5.92 Å². The Morgan fingerprint density at radius 3 is 2.54 bits per heavy atom. The lowest BCUT2D eigenvalue weighted by molar-refractivity contribution is -0.137. The number of amides is 2. The zero-order valence-corrected chi connectivity index (χ0v) is 22.6. The van der Waals surface area contributed by atoms with Crippen molar-refractivity contribution in [1.29, 1.82) is 0 Å². The molecule has 12 heteroatoms. The summed E-state index contributed by atoms with van der Waals surface area (Å²) < 4.78 is 41.0. The maximum atomic E-state index is 13.0. The third-order valence-corrected chi connectivity index (χ3v) is 7.27. The summed E-state index contributed by atoms with van der Waals surface area (Å²) in [5, 5.41) is 5.56. The van der Waals surface area contributed by atoms with Gasteiger partial charge < -0.3 is 16.4 Å². The lowest BCUT2D eigenvalue weighted by Gasteiger charge is -2.29. The second-order valence-electron chi connectivity index (χ2n) is 10.5. The number of nitrogen functional groups attached to an aromatic ring is 1. The van der Waals surface area contributed by atoms with Gasteiger partial charge in [0.2, 0.25) is 5.91 Å². The summed E-state index contributed by atoms with van der Waals surface area (Å²) in [6, 6.07) is 8.22. The van der Waals surface area contributed by atoms with Gasteiger partial charge in [0.05, 0.1) is 5.56 Å². The number of halogens is 3. The fourth-order valence-corrected chi connectivity index (χ4v) is 5.14. The fraction of sp³-hybridized carbons (Fsp3) is 0.345. The Labute approximate surface area is 234 Å². The normalized spacial score (nSPS) is 17.5. The van der Waals surface area contributed by atoms with E-state index in [-0.39, 0.29) is 35.2 Å². The number of alkyl halides is 3. The first-order valence-corrected chi connectivity index (χ1v) is 13.4. The number of hydrogen-bond acceptors (Lipinski definition) is 6. The molecule has 1 saturated carbocycles. The first-order chi connectivity index (χ1) is 19.5. The van der Waals surface area contributed by atoms with Crippen molar-refractivity contribution in [1.82, 2.24) is 24.7 Å². The van der Waals surface area contributed by atoms with Crippen LogP contribution in [0.1, 0.15) is 67.2 Å². The molecule has 0 aliphatic heterocycles. The molecule has 4 aromatic rings. The predicted octanol–water partition coefficient (Wildman–Crippen LogP) is 5.44. The van der Waals surface area contributed by atoms with Crippen molar-refractivity contribution in [3.05, 3.63) is 71.9 Å². The van der Waals surface area contributed by atoms with Crippen molar-refractivity contribution in [2.75, 3.05) is 11.1 Å². The first kappa shape index (κ1) is 28.1. The minimum absolute atomic E-state index is 0.0331. The number of carbonyl (C=O) groups is 2. The van der Waals surface area contributed by atoms with Crippen LogP contribution < -0.4 is 16.4 Å². The summed E-state index contributed by atoms with van der Waals surface area (Å²) in [5.74, 6) is 0.361. The summed E-state index contributed by atoms with van der Waals surface area (Å²) in [7, 11) is 0. The topological polar surface area (TPSA) is 127 Å². The molecule has 1 unspecified atom stereocenters. The molecule has 1 aliphatic carbocycles. The van der Waals surface area contributed by atoms with Gasteiger partial charge in [-0.15, -0.1) is 0 Å². The molecule has 2 atom stereocenters. The van der Waals surface area contributed by atoms with Gasteiger partial charge >= 0.3 is 6.18 Å². The average Bonchev–Trinajstić information content (AvgIpc) is 3.34. The summed E-state index contributed by atoms with van der Waals surface area (Å²) >= 11 is 0. The highest BCUT2D eigenvalue weighted by Crippen LogP contribution is 2.37.